The predicted octanol–water partition coefficient (Wildman–Crippen LogP) is 2.74. The van der Waals surface area contributed by atoms with Crippen molar-refractivity contribution in [2.75, 3.05) is 10.5 Å². The molecule has 2 aromatic carbocycles. The molecule has 0 bridgehead atoms. The predicted molar refractivity (Wildman–Crippen MR) is 82.5 cm³/mol. The van der Waals surface area contributed by atoms with Crippen LogP contribution in [0, 0.1) is 10.1 Å². The van der Waals surface area contributed by atoms with E-state index < -0.39 is 20.6 Å². The second-order valence-corrected chi connectivity index (χ2v) is 6.69. The number of nitrogens with two attached hydrogens (primary N) is 1. The first-order valence-corrected chi connectivity index (χ1v) is 7.89. The minimum atomic E-state index is -3.93. The van der Waals surface area contributed by atoms with Gasteiger partial charge < -0.3 is 5.73 Å². The summed E-state index contributed by atoms with van der Waals surface area (Å²) in [6, 6.07) is 9.86. The summed E-state index contributed by atoms with van der Waals surface area (Å²) >= 11 is 3.23. The van der Waals surface area contributed by atoms with Crippen molar-refractivity contribution >= 4 is 43.0 Å². The van der Waals surface area contributed by atoms with Gasteiger partial charge in [0.15, 0.2) is 0 Å². The number of benzene rings is 2. The van der Waals surface area contributed by atoms with Crippen molar-refractivity contribution in [3.05, 3.63) is 57.1 Å². The summed E-state index contributed by atoms with van der Waals surface area (Å²) in [7, 11) is -3.93. The quantitative estimate of drug-likeness (QED) is 0.486. The second kappa shape index (κ2) is 5.70. The van der Waals surface area contributed by atoms with Gasteiger partial charge >= 0.3 is 0 Å². The molecule has 0 radical (unpaired) electrons. The first-order chi connectivity index (χ1) is 9.79. The van der Waals surface area contributed by atoms with Gasteiger partial charge in [0.1, 0.15) is 5.69 Å². The molecule has 0 spiro atoms. The van der Waals surface area contributed by atoms with Gasteiger partial charge in [-0.1, -0.05) is 22.0 Å². The lowest BCUT2D eigenvalue weighted by molar-refractivity contribution is -0.384. The van der Waals surface area contributed by atoms with Crippen LogP contribution in [0.3, 0.4) is 0 Å². The van der Waals surface area contributed by atoms with Crippen LogP contribution in [0.1, 0.15) is 0 Å². The summed E-state index contributed by atoms with van der Waals surface area (Å²) in [5.74, 6) is 0. The fourth-order valence-corrected chi connectivity index (χ4v) is 3.08. The minimum absolute atomic E-state index is 0.0959. The molecule has 0 unspecified atom stereocenters. The Morgan fingerprint density at radius 3 is 2.52 bits per heavy atom. The monoisotopic (exact) mass is 371 g/mol. The highest BCUT2D eigenvalue weighted by Crippen LogP contribution is 2.26. The lowest BCUT2D eigenvalue weighted by Gasteiger charge is -2.08. The van der Waals surface area contributed by atoms with Gasteiger partial charge in [-0.05, 0) is 30.3 Å². The lowest BCUT2D eigenvalue weighted by Crippen LogP contribution is -2.13. The first kappa shape index (κ1) is 15.3. The van der Waals surface area contributed by atoms with E-state index in [2.05, 4.69) is 20.7 Å². The van der Waals surface area contributed by atoms with Gasteiger partial charge in [-0.25, -0.2) is 8.42 Å². The first-order valence-electron chi connectivity index (χ1n) is 5.62. The fraction of sp³-hybridized carbons (Fsp3) is 0. The molecular weight excluding hydrogens is 362 g/mol. The Hall–Kier alpha value is -2.13. The van der Waals surface area contributed by atoms with Crippen molar-refractivity contribution in [2.45, 2.75) is 4.90 Å². The molecule has 0 amide bonds. The molecule has 0 aliphatic heterocycles. The fourth-order valence-electron chi connectivity index (χ4n) is 1.61. The van der Waals surface area contributed by atoms with Gasteiger partial charge in [0.05, 0.1) is 9.82 Å². The average molecular weight is 372 g/mol. The Bertz CT molecular complexity index is 808. The summed E-state index contributed by atoms with van der Waals surface area (Å²) < 4.78 is 27.5. The molecule has 0 atom stereocenters. The summed E-state index contributed by atoms with van der Waals surface area (Å²) in [6.07, 6.45) is 0. The zero-order valence-electron chi connectivity index (χ0n) is 10.5. The van der Waals surface area contributed by atoms with Crippen molar-refractivity contribution in [3.63, 3.8) is 0 Å². The van der Waals surface area contributed by atoms with Crippen LogP contribution in [-0.4, -0.2) is 13.3 Å². The number of rotatable bonds is 4. The molecule has 2 rings (SSSR count). The summed E-state index contributed by atoms with van der Waals surface area (Å²) in [5, 5.41) is 10.8. The van der Waals surface area contributed by atoms with E-state index in [1.165, 1.54) is 12.1 Å². The number of halogens is 1. The number of nitrogens with one attached hydrogen (secondary N) is 1. The Morgan fingerprint density at radius 1 is 1.19 bits per heavy atom. The highest BCUT2D eigenvalue weighted by Gasteiger charge is 2.20. The van der Waals surface area contributed by atoms with Crippen LogP contribution in [0.2, 0.25) is 0 Å². The number of nitro benzene ring substituents is 1. The second-order valence-electron chi connectivity index (χ2n) is 4.09. The molecule has 0 fully saturated rings. The number of nitrogen functional groups attached to an aromatic ring is 1. The van der Waals surface area contributed by atoms with Gasteiger partial charge in [0, 0.05) is 16.2 Å². The number of sulfonamides is 1. The SMILES string of the molecule is Nc1ccc(S(=O)(=O)Nc2cccc(Br)c2)cc1[N+](=O)[O-]. The van der Waals surface area contributed by atoms with Gasteiger partial charge in [0.2, 0.25) is 0 Å². The lowest BCUT2D eigenvalue weighted by atomic mass is 10.3. The number of hydrogen-bond acceptors (Lipinski definition) is 5. The Kier molecular flexibility index (Phi) is 4.14. The molecule has 0 heterocycles. The molecule has 7 nitrogen and oxygen atoms in total. The Balaban J connectivity index is 2.40. The number of anilines is 2. The molecule has 0 saturated carbocycles. The van der Waals surface area contributed by atoms with Gasteiger partial charge in [-0.2, -0.15) is 0 Å². The van der Waals surface area contributed by atoms with E-state index in [1.54, 1.807) is 24.3 Å². The molecule has 21 heavy (non-hydrogen) atoms. The molecule has 0 saturated heterocycles. The van der Waals surface area contributed by atoms with Crippen LogP contribution < -0.4 is 10.5 Å². The molecule has 0 aliphatic carbocycles. The number of hydrogen-bond donors (Lipinski definition) is 2. The number of nitrogens with zero attached hydrogens (tertiary/aromatic N) is 1. The van der Waals surface area contributed by atoms with Crippen LogP contribution in [0.5, 0.6) is 0 Å². The topological polar surface area (TPSA) is 115 Å². The van der Waals surface area contributed by atoms with E-state index in [9.17, 15) is 18.5 Å². The van der Waals surface area contributed by atoms with Crippen LogP contribution in [-0.2, 0) is 10.0 Å². The smallest absolute Gasteiger partial charge is 0.293 e. The molecule has 9 heteroatoms. The van der Waals surface area contributed by atoms with Crippen LogP contribution in [0.25, 0.3) is 0 Å². The Morgan fingerprint density at radius 2 is 1.90 bits per heavy atom. The van der Waals surface area contributed by atoms with E-state index in [1.807, 2.05) is 0 Å². The van der Waals surface area contributed by atoms with E-state index in [0.717, 1.165) is 6.07 Å². The van der Waals surface area contributed by atoms with Gasteiger partial charge in [-0.3, -0.25) is 14.8 Å². The van der Waals surface area contributed by atoms with Crippen molar-refractivity contribution in [1.82, 2.24) is 0 Å². The third kappa shape index (κ3) is 3.50. The van der Waals surface area contributed by atoms with Crippen molar-refractivity contribution in [3.8, 4) is 0 Å². The standard InChI is InChI=1S/C12H10BrN3O4S/c13-8-2-1-3-9(6-8)15-21(19,20)10-4-5-11(14)12(7-10)16(17)18/h1-7,15H,14H2. The van der Waals surface area contributed by atoms with Crippen LogP contribution in [0.15, 0.2) is 51.8 Å². The summed E-state index contributed by atoms with van der Waals surface area (Å²) in [4.78, 5) is 9.85. The third-order valence-electron chi connectivity index (χ3n) is 2.59. The third-order valence-corrected chi connectivity index (χ3v) is 4.46. The largest absolute Gasteiger partial charge is 0.393 e. The van der Waals surface area contributed by atoms with Gasteiger partial charge in [-0.15, -0.1) is 0 Å². The molecule has 2 aromatic rings. The van der Waals surface area contributed by atoms with Crippen molar-refractivity contribution in [2.24, 2.45) is 0 Å². The van der Waals surface area contributed by atoms with Crippen LogP contribution in [0.4, 0.5) is 17.1 Å². The van der Waals surface area contributed by atoms with E-state index >= 15 is 0 Å². The Labute approximate surface area is 129 Å². The van der Waals surface area contributed by atoms with Crippen LogP contribution >= 0.6 is 15.9 Å². The average Bonchev–Trinajstić information content (AvgIpc) is 2.38. The van der Waals surface area contributed by atoms with Gasteiger partial charge in [0.25, 0.3) is 15.7 Å². The summed E-state index contributed by atoms with van der Waals surface area (Å²) in [6.45, 7) is 0. The van der Waals surface area contributed by atoms with E-state index in [-0.39, 0.29) is 10.6 Å². The van der Waals surface area contributed by atoms with Crippen molar-refractivity contribution < 1.29 is 13.3 Å². The van der Waals surface area contributed by atoms with Crippen molar-refractivity contribution in [1.29, 1.82) is 0 Å². The molecular formula is C12H10BrN3O4S. The minimum Gasteiger partial charge on any atom is -0.393 e. The maximum absolute atomic E-state index is 12.2. The molecule has 0 aromatic heterocycles. The molecule has 110 valence electrons. The highest BCUT2D eigenvalue weighted by molar-refractivity contribution is 9.10. The number of nitro groups is 1. The maximum Gasteiger partial charge on any atom is 0.293 e. The molecule has 3 N–H and O–H groups in total. The highest BCUT2D eigenvalue weighted by atomic mass is 79.9. The molecule has 0 aliphatic rings. The maximum atomic E-state index is 12.2. The zero-order chi connectivity index (χ0) is 15.6. The zero-order valence-corrected chi connectivity index (χ0v) is 12.9. The summed E-state index contributed by atoms with van der Waals surface area (Å²) in [5.41, 5.74) is 5.23. The normalized spacial score (nSPS) is 11.1. The van der Waals surface area contributed by atoms with E-state index in [0.29, 0.717) is 10.2 Å². The van der Waals surface area contributed by atoms with E-state index in [4.69, 9.17) is 5.73 Å².